The predicted molar refractivity (Wildman–Crippen MR) is 140 cm³/mol. The van der Waals surface area contributed by atoms with Crippen molar-refractivity contribution in [2.75, 3.05) is 13.1 Å². The Morgan fingerprint density at radius 1 is 1.18 bits per heavy atom. The third-order valence-corrected chi connectivity index (χ3v) is 6.33. The van der Waals surface area contributed by atoms with Crippen LogP contribution in [0.3, 0.4) is 0 Å². The highest BCUT2D eigenvalue weighted by Gasteiger charge is 2.33. The lowest BCUT2D eigenvalue weighted by Crippen LogP contribution is -2.36. The van der Waals surface area contributed by atoms with Gasteiger partial charge in [0.2, 0.25) is 5.91 Å². The van der Waals surface area contributed by atoms with E-state index < -0.39 is 30.2 Å². The zero-order valence-corrected chi connectivity index (χ0v) is 22.3. The van der Waals surface area contributed by atoms with Gasteiger partial charge in [-0.05, 0) is 25.3 Å². The number of cyclic esters (lactones) is 1. The number of rotatable bonds is 1. The van der Waals surface area contributed by atoms with Crippen LogP contribution in [-0.2, 0) is 20.7 Å². The number of hydrogen-bond acceptors (Lipinski definition) is 8. The maximum atomic E-state index is 13.1. The first kappa shape index (κ1) is 29.1. The van der Waals surface area contributed by atoms with Crippen LogP contribution in [0, 0.1) is 11.8 Å². The monoisotopic (exact) mass is 527 g/mol. The van der Waals surface area contributed by atoms with E-state index in [0.717, 1.165) is 5.57 Å². The Hall–Kier alpha value is -3.50. The van der Waals surface area contributed by atoms with Crippen LogP contribution in [0.2, 0.25) is 0 Å². The lowest BCUT2D eigenvalue weighted by atomic mass is 9.94. The lowest BCUT2D eigenvalue weighted by molar-refractivity contribution is -0.149. The number of hydrogen-bond donors (Lipinski definition) is 3. The highest BCUT2D eigenvalue weighted by molar-refractivity contribution is 6.00. The molecule has 206 valence electrons. The number of nitrogens with zero attached hydrogens (tertiary/aromatic N) is 2. The first-order chi connectivity index (χ1) is 18.0. The van der Waals surface area contributed by atoms with Crippen LogP contribution in [0.25, 0.3) is 0 Å². The minimum absolute atomic E-state index is 0.00476. The normalized spacial score (nSPS) is 27.3. The van der Waals surface area contributed by atoms with Gasteiger partial charge in [0, 0.05) is 25.4 Å². The predicted octanol–water partition coefficient (Wildman–Crippen LogP) is 2.45. The molecule has 0 radical (unpaired) electrons. The summed E-state index contributed by atoms with van der Waals surface area (Å²) in [6, 6.07) is 0. The number of oxazole rings is 1. The van der Waals surface area contributed by atoms with Gasteiger partial charge in [-0.15, -0.1) is 0 Å². The average molecular weight is 528 g/mol. The second-order valence-corrected chi connectivity index (χ2v) is 10.0. The topological polar surface area (TPSA) is 142 Å². The number of amides is 2. The number of fused-ring (bicyclic) bond motifs is 3. The minimum atomic E-state index is -0.959. The van der Waals surface area contributed by atoms with Crippen molar-refractivity contribution in [3.05, 3.63) is 65.6 Å². The number of aromatic nitrogens is 1. The fourth-order valence-electron chi connectivity index (χ4n) is 4.44. The van der Waals surface area contributed by atoms with Gasteiger partial charge < -0.3 is 29.6 Å². The number of aliphatic hydroxyl groups is 2. The molecular weight excluding hydrogens is 490 g/mol. The number of ether oxygens (including phenoxy) is 1. The molecule has 2 amide bonds. The largest absolute Gasteiger partial charge is 0.457 e. The summed E-state index contributed by atoms with van der Waals surface area (Å²) in [4.78, 5) is 44.0. The van der Waals surface area contributed by atoms with Crippen LogP contribution in [-0.4, -0.2) is 69.3 Å². The molecular formula is C28H37N3O7. The van der Waals surface area contributed by atoms with Gasteiger partial charge in [-0.25, -0.2) is 9.78 Å². The third kappa shape index (κ3) is 8.00. The first-order valence-electron chi connectivity index (χ1n) is 12.9. The molecule has 10 nitrogen and oxygen atoms in total. The number of nitrogens with one attached hydrogen (secondary N) is 1. The van der Waals surface area contributed by atoms with Crippen molar-refractivity contribution in [2.45, 2.75) is 65.3 Å². The number of esters is 1. The Morgan fingerprint density at radius 2 is 1.95 bits per heavy atom. The SMILES string of the molecule is CC1=C[C@@H](O)C[C@@H](O)Cc2nc(co2)C(=O)N2CCC=C2C(=O)OC(C(C)C)[C@H](C)/C=C/C(=O)NCC=C1. The minimum Gasteiger partial charge on any atom is -0.457 e. The van der Waals surface area contributed by atoms with E-state index in [1.54, 1.807) is 37.3 Å². The summed E-state index contributed by atoms with van der Waals surface area (Å²) >= 11 is 0. The van der Waals surface area contributed by atoms with Crippen molar-refractivity contribution in [1.29, 1.82) is 0 Å². The fraction of sp³-hybridized carbons (Fsp3) is 0.500. The zero-order chi connectivity index (χ0) is 27.8. The number of carbonyl (C=O) groups is 3. The van der Waals surface area contributed by atoms with E-state index in [0.29, 0.717) is 13.0 Å². The molecule has 0 fully saturated rings. The van der Waals surface area contributed by atoms with Gasteiger partial charge in [0.25, 0.3) is 5.91 Å². The number of allylic oxidation sites excluding steroid dienone is 2. The van der Waals surface area contributed by atoms with E-state index in [4.69, 9.17) is 9.15 Å². The molecule has 2 aliphatic rings. The van der Waals surface area contributed by atoms with E-state index in [1.165, 1.54) is 17.2 Å². The van der Waals surface area contributed by atoms with Gasteiger partial charge in [0.05, 0.1) is 18.6 Å². The Morgan fingerprint density at radius 3 is 2.68 bits per heavy atom. The zero-order valence-electron chi connectivity index (χ0n) is 22.3. The molecule has 1 unspecified atom stereocenters. The van der Waals surface area contributed by atoms with Gasteiger partial charge in [0.15, 0.2) is 11.6 Å². The summed E-state index contributed by atoms with van der Waals surface area (Å²) in [6.45, 7) is 8.08. The molecule has 0 spiro atoms. The molecule has 2 aliphatic heterocycles. The fourth-order valence-corrected chi connectivity index (χ4v) is 4.44. The van der Waals surface area contributed by atoms with E-state index in [-0.39, 0.29) is 54.4 Å². The molecule has 2 bridgehead atoms. The van der Waals surface area contributed by atoms with Crippen molar-refractivity contribution >= 4 is 17.8 Å². The molecule has 1 aromatic rings. The van der Waals surface area contributed by atoms with Crippen molar-refractivity contribution in [1.82, 2.24) is 15.2 Å². The van der Waals surface area contributed by atoms with E-state index in [1.807, 2.05) is 20.8 Å². The van der Waals surface area contributed by atoms with E-state index in [2.05, 4.69) is 10.3 Å². The molecule has 0 aliphatic carbocycles. The van der Waals surface area contributed by atoms with Crippen LogP contribution in [0.1, 0.15) is 56.9 Å². The summed E-state index contributed by atoms with van der Waals surface area (Å²) in [5.41, 5.74) is 0.909. The molecule has 3 N–H and O–H groups in total. The van der Waals surface area contributed by atoms with Gasteiger partial charge in [-0.2, -0.15) is 0 Å². The van der Waals surface area contributed by atoms with Gasteiger partial charge in [-0.1, -0.05) is 56.7 Å². The summed E-state index contributed by atoms with van der Waals surface area (Å²) in [7, 11) is 0. The Balaban J connectivity index is 1.86. The first-order valence-corrected chi connectivity index (χ1v) is 12.9. The summed E-state index contributed by atoms with van der Waals surface area (Å²) in [5.74, 6) is -1.58. The van der Waals surface area contributed by atoms with Crippen molar-refractivity contribution in [2.24, 2.45) is 11.8 Å². The molecule has 3 heterocycles. The molecule has 38 heavy (non-hydrogen) atoms. The van der Waals surface area contributed by atoms with Crippen molar-refractivity contribution in [3.63, 3.8) is 0 Å². The van der Waals surface area contributed by atoms with Crippen LogP contribution >= 0.6 is 0 Å². The quantitative estimate of drug-likeness (QED) is 0.473. The van der Waals surface area contributed by atoms with Gasteiger partial charge >= 0.3 is 5.97 Å². The third-order valence-electron chi connectivity index (χ3n) is 6.33. The van der Waals surface area contributed by atoms with E-state index in [9.17, 15) is 24.6 Å². The summed E-state index contributed by atoms with van der Waals surface area (Å²) in [6.07, 6.45) is 9.22. The molecule has 3 rings (SSSR count). The van der Waals surface area contributed by atoms with Gasteiger partial charge in [0.1, 0.15) is 18.1 Å². The highest BCUT2D eigenvalue weighted by Crippen LogP contribution is 2.24. The molecule has 0 saturated carbocycles. The van der Waals surface area contributed by atoms with Crippen molar-refractivity contribution in [3.8, 4) is 0 Å². The smallest absolute Gasteiger partial charge is 0.355 e. The van der Waals surface area contributed by atoms with Crippen molar-refractivity contribution < 1.29 is 33.8 Å². The number of carbonyl (C=O) groups excluding carboxylic acids is 3. The summed E-state index contributed by atoms with van der Waals surface area (Å²) in [5, 5.41) is 23.5. The Bertz CT molecular complexity index is 1130. The molecule has 10 heteroatoms. The second-order valence-electron chi connectivity index (χ2n) is 10.0. The lowest BCUT2D eigenvalue weighted by Gasteiger charge is -2.27. The Kier molecular flexibility index (Phi) is 10.2. The average Bonchev–Trinajstić information content (AvgIpc) is 3.52. The van der Waals surface area contributed by atoms with Crippen LogP contribution in [0.4, 0.5) is 0 Å². The summed E-state index contributed by atoms with van der Waals surface area (Å²) < 4.78 is 11.2. The number of aliphatic hydroxyl groups excluding tert-OH is 2. The highest BCUT2D eigenvalue weighted by atomic mass is 16.5. The van der Waals surface area contributed by atoms with E-state index >= 15 is 0 Å². The van der Waals surface area contributed by atoms with Crippen LogP contribution in [0.15, 0.2) is 58.4 Å². The molecule has 0 saturated heterocycles. The van der Waals surface area contributed by atoms with Crippen LogP contribution < -0.4 is 5.32 Å². The maximum absolute atomic E-state index is 13.1. The molecule has 1 aromatic heterocycles. The Labute approximate surface area is 222 Å². The molecule has 0 aromatic carbocycles. The van der Waals surface area contributed by atoms with Crippen LogP contribution in [0.5, 0.6) is 0 Å². The maximum Gasteiger partial charge on any atom is 0.355 e. The second kappa shape index (κ2) is 13.3. The standard InChI is InChI=1S/C28H37N3O7/c1-17(2)26-19(4)9-10-24(34)29-11-5-7-18(3)13-20(32)14-21(33)15-25-30-22(16-37-25)27(35)31-12-6-8-23(31)28(36)38-26/h5,7-10,13,16-17,19-21,26,32-33H,6,11-12,14-15H2,1-4H3,(H,29,34)/b7-5?,10-9+,18-13?/t19-,20-,21-,26?/m1/s1. The van der Waals surface area contributed by atoms with Gasteiger partial charge in [-0.3, -0.25) is 9.59 Å². The molecule has 4 atom stereocenters.